The number of hydrogen-bond donors (Lipinski definition) is 0. The largest absolute Gasteiger partial charge is 0.482 e. The summed E-state index contributed by atoms with van der Waals surface area (Å²) in [7, 11) is 1.31. The van der Waals surface area contributed by atoms with Gasteiger partial charge >= 0.3 is 5.97 Å². The van der Waals surface area contributed by atoms with Gasteiger partial charge in [-0.2, -0.15) is 0 Å². The van der Waals surface area contributed by atoms with Gasteiger partial charge in [0, 0.05) is 24.1 Å². The summed E-state index contributed by atoms with van der Waals surface area (Å²) >= 11 is 12.0. The number of methoxy groups -OCH3 is 1. The van der Waals surface area contributed by atoms with Crippen LogP contribution in [-0.2, 0) is 27.3 Å². The van der Waals surface area contributed by atoms with Crippen molar-refractivity contribution < 1.29 is 19.1 Å². The Morgan fingerprint density at radius 3 is 2.62 bits per heavy atom. The SMILES string of the molecule is COC(=O)[C@H]1Cc2ccccc2CN1C(=O)COc1cc(Cl)ccc1Cl. The highest BCUT2D eigenvalue weighted by molar-refractivity contribution is 6.34. The van der Waals surface area contributed by atoms with Gasteiger partial charge in [0.25, 0.3) is 5.91 Å². The predicted molar refractivity (Wildman–Crippen MR) is 98.5 cm³/mol. The zero-order valence-corrected chi connectivity index (χ0v) is 15.6. The molecule has 1 aliphatic rings. The summed E-state index contributed by atoms with van der Waals surface area (Å²) in [5.41, 5.74) is 2.03. The van der Waals surface area contributed by atoms with Gasteiger partial charge in [0.1, 0.15) is 11.8 Å². The van der Waals surface area contributed by atoms with Crippen molar-refractivity contribution in [3.8, 4) is 5.75 Å². The van der Waals surface area contributed by atoms with Gasteiger partial charge in [-0.15, -0.1) is 0 Å². The molecule has 0 radical (unpaired) electrons. The lowest BCUT2D eigenvalue weighted by Gasteiger charge is -2.35. The Bertz CT molecular complexity index is 840. The zero-order chi connectivity index (χ0) is 18.7. The summed E-state index contributed by atoms with van der Waals surface area (Å²) in [4.78, 5) is 26.4. The molecular formula is C19H17Cl2NO4. The maximum Gasteiger partial charge on any atom is 0.328 e. The fourth-order valence-electron chi connectivity index (χ4n) is 2.94. The van der Waals surface area contributed by atoms with Gasteiger partial charge in [-0.25, -0.2) is 4.79 Å². The van der Waals surface area contributed by atoms with E-state index < -0.39 is 12.0 Å². The normalized spacial score (nSPS) is 16.0. The van der Waals surface area contributed by atoms with E-state index in [0.29, 0.717) is 28.8 Å². The molecule has 0 spiro atoms. The second kappa shape index (κ2) is 7.98. The molecule has 1 amide bonds. The van der Waals surface area contributed by atoms with Crippen LogP contribution in [0, 0.1) is 0 Å². The van der Waals surface area contributed by atoms with Gasteiger partial charge in [-0.3, -0.25) is 4.79 Å². The second-order valence-corrected chi connectivity index (χ2v) is 6.74. The van der Waals surface area contributed by atoms with E-state index in [2.05, 4.69) is 0 Å². The summed E-state index contributed by atoms with van der Waals surface area (Å²) in [6.07, 6.45) is 0.409. The van der Waals surface area contributed by atoms with Crippen LogP contribution in [0.4, 0.5) is 0 Å². The van der Waals surface area contributed by atoms with Crippen LogP contribution >= 0.6 is 23.2 Å². The van der Waals surface area contributed by atoms with Crippen LogP contribution in [0.25, 0.3) is 0 Å². The minimum atomic E-state index is -0.680. The molecule has 0 unspecified atom stereocenters. The molecule has 3 rings (SSSR count). The third kappa shape index (κ3) is 3.94. The molecule has 0 bridgehead atoms. The number of esters is 1. The molecular weight excluding hydrogens is 377 g/mol. The monoisotopic (exact) mass is 393 g/mol. The van der Waals surface area contributed by atoms with Gasteiger partial charge in [0.05, 0.1) is 12.1 Å². The van der Waals surface area contributed by atoms with Crippen molar-refractivity contribution in [3.63, 3.8) is 0 Å². The molecule has 0 aromatic heterocycles. The number of carbonyl (C=O) groups is 2. The number of benzene rings is 2. The summed E-state index contributed by atoms with van der Waals surface area (Å²) < 4.78 is 10.4. The number of ether oxygens (including phenoxy) is 2. The average Bonchev–Trinajstić information content (AvgIpc) is 2.66. The number of halogens is 2. The van der Waals surface area contributed by atoms with E-state index in [4.69, 9.17) is 32.7 Å². The number of rotatable bonds is 4. The average molecular weight is 394 g/mol. The van der Waals surface area contributed by atoms with Crippen molar-refractivity contribution >= 4 is 35.1 Å². The van der Waals surface area contributed by atoms with Crippen LogP contribution in [-0.4, -0.2) is 36.5 Å². The Morgan fingerprint density at radius 2 is 1.88 bits per heavy atom. The molecule has 7 heteroatoms. The topological polar surface area (TPSA) is 55.8 Å². The summed E-state index contributed by atoms with van der Waals surface area (Å²) in [6, 6.07) is 11.8. The lowest BCUT2D eigenvalue weighted by Crippen LogP contribution is -2.50. The number of nitrogens with zero attached hydrogens (tertiary/aromatic N) is 1. The Labute approximate surface area is 161 Å². The highest BCUT2D eigenvalue weighted by Crippen LogP contribution is 2.28. The number of carbonyl (C=O) groups excluding carboxylic acids is 2. The highest BCUT2D eigenvalue weighted by Gasteiger charge is 2.35. The molecule has 2 aromatic carbocycles. The molecule has 26 heavy (non-hydrogen) atoms. The quantitative estimate of drug-likeness (QED) is 0.745. The Kier molecular flexibility index (Phi) is 5.69. The molecule has 136 valence electrons. The summed E-state index contributed by atoms with van der Waals surface area (Å²) in [5.74, 6) is -0.459. The van der Waals surface area contributed by atoms with E-state index in [1.54, 1.807) is 18.2 Å². The number of fused-ring (bicyclic) bond motifs is 1. The van der Waals surface area contributed by atoms with E-state index in [1.807, 2.05) is 24.3 Å². The molecule has 0 saturated carbocycles. The zero-order valence-electron chi connectivity index (χ0n) is 14.1. The van der Waals surface area contributed by atoms with Gasteiger partial charge in [0.15, 0.2) is 6.61 Å². The Morgan fingerprint density at radius 1 is 1.15 bits per heavy atom. The Balaban J connectivity index is 1.77. The van der Waals surface area contributed by atoms with Crippen LogP contribution in [0.15, 0.2) is 42.5 Å². The van der Waals surface area contributed by atoms with Crippen molar-refractivity contribution in [2.75, 3.05) is 13.7 Å². The van der Waals surface area contributed by atoms with E-state index in [9.17, 15) is 9.59 Å². The van der Waals surface area contributed by atoms with Crippen LogP contribution in [0.5, 0.6) is 5.75 Å². The highest BCUT2D eigenvalue weighted by atomic mass is 35.5. The van der Waals surface area contributed by atoms with Gasteiger partial charge in [0.2, 0.25) is 0 Å². The molecule has 5 nitrogen and oxygen atoms in total. The molecule has 0 saturated heterocycles. The van der Waals surface area contributed by atoms with Crippen molar-refractivity contribution in [3.05, 3.63) is 63.6 Å². The molecule has 2 aromatic rings. The number of amides is 1. The second-order valence-electron chi connectivity index (χ2n) is 5.90. The third-order valence-corrected chi connectivity index (χ3v) is 4.83. The van der Waals surface area contributed by atoms with Crippen LogP contribution in [0.1, 0.15) is 11.1 Å². The van der Waals surface area contributed by atoms with E-state index >= 15 is 0 Å². The molecule has 1 atom stereocenters. The van der Waals surface area contributed by atoms with Crippen LogP contribution in [0.3, 0.4) is 0 Å². The van der Waals surface area contributed by atoms with E-state index in [0.717, 1.165) is 11.1 Å². The lowest BCUT2D eigenvalue weighted by atomic mass is 9.94. The first-order valence-electron chi connectivity index (χ1n) is 8.01. The van der Waals surface area contributed by atoms with Gasteiger partial charge in [-0.1, -0.05) is 47.5 Å². The maximum absolute atomic E-state index is 12.7. The molecule has 0 N–H and O–H groups in total. The molecule has 1 heterocycles. The fraction of sp³-hybridized carbons (Fsp3) is 0.263. The van der Waals surface area contributed by atoms with Crippen molar-refractivity contribution in [1.29, 1.82) is 0 Å². The minimum Gasteiger partial charge on any atom is -0.482 e. The maximum atomic E-state index is 12.7. The van der Waals surface area contributed by atoms with E-state index in [1.165, 1.54) is 12.0 Å². The summed E-state index contributed by atoms with van der Waals surface area (Å²) in [6.45, 7) is 0.0666. The fourth-order valence-corrected chi connectivity index (χ4v) is 3.28. The van der Waals surface area contributed by atoms with Crippen molar-refractivity contribution in [2.24, 2.45) is 0 Å². The smallest absolute Gasteiger partial charge is 0.328 e. The van der Waals surface area contributed by atoms with Gasteiger partial charge in [-0.05, 0) is 23.3 Å². The first kappa shape index (κ1) is 18.5. The van der Waals surface area contributed by atoms with Crippen molar-refractivity contribution in [2.45, 2.75) is 19.0 Å². The summed E-state index contributed by atoms with van der Waals surface area (Å²) in [5, 5.41) is 0.812. The molecule has 0 aliphatic carbocycles. The Hall–Kier alpha value is -2.24. The van der Waals surface area contributed by atoms with E-state index in [-0.39, 0.29) is 12.5 Å². The number of hydrogen-bond acceptors (Lipinski definition) is 4. The first-order chi connectivity index (χ1) is 12.5. The molecule has 1 aliphatic heterocycles. The predicted octanol–water partition coefficient (Wildman–Crippen LogP) is 3.50. The molecule has 0 fully saturated rings. The van der Waals surface area contributed by atoms with Gasteiger partial charge < -0.3 is 14.4 Å². The van der Waals surface area contributed by atoms with Crippen LogP contribution in [0.2, 0.25) is 10.0 Å². The lowest BCUT2D eigenvalue weighted by molar-refractivity contribution is -0.154. The van der Waals surface area contributed by atoms with Crippen molar-refractivity contribution in [1.82, 2.24) is 4.90 Å². The van der Waals surface area contributed by atoms with Crippen LogP contribution < -0.4 is 4.74 Å². The third-order valence-electron chi connectivity index (χ3n) is 4.29. The minimum absolute atomic E-state index is 0.254. The standard InChI is InChI=1S/C19H17Cl2NO4/c1-25-19(24)16-8-12-4-2-3-5-13(12)10-22(16)18(23)11-26-17-9-14(20)6-7-15(17)21/h2-7,9,16H,8,10-11H2,1H3/t16-/m1/s1. The first-order valence-corrected chi connectivity index (χ1v) is 8.77.